The van der Waals surface area contributed by atoms with Crippen LogP contribution in [0.5, 0.6) is 5.75 Å². The van der Waals surface area contributed by atoms with Gasteiger partial charge >= 0.3 is 0 Å². The van der Waals surface area contributed by atoms with Gasteiger partial charge < -0.3 is 14.7 Å². The number of ether oxygens (including phenoxy) is 1. The van der Waals surface area contributed by atoms with Crippen molar-refractivity contribution in [2.45, 2.75) is 12.3 Å². The van der Waals surface area contributed by atoms with Gasteiger partial charge in [-0.15, -0.1) is 0 Å². The summed E-state index contributed by atoms with van der Waals surface area (Å²) in [5.74, 6) is -2.82. The molecule has 1 aromatic carbocycles. The molecule has 1 unspecified atom stereocenters. The zero-order valence-corrected chi connectivity index (χ0v) is 13.2. The topological polar surface area (TPSA) is 62.8 Å². The fourth-order valence-electron chi connectivity index (χ4n) is 2.60. The molecule has 0 aliphatic heterocycles. The van der Waals surface area contributed by atoms with Crippen LogP contribution in [0, 0.1) is 10.7 Å². The molecule has 4 rings (SSSR count). The number of nitrogens with one attached hydrogen (secondary N) is 2. The summed E-state index contributed by atoms with van der Waals surface area (Å²) in [6.45, 7) is -0.0122. The molecule has 24 heavy (non-hydrogen) atoms. The van der Waals surface area contributed by atoms with E-state index in [1.54, 1.807) is 36.5 Å². The predicted molar refractivity (Wildman–Crippen MR) is 87.6 cm³/mol. The summed E-state index contributed by atoms with van der Waals surface area (Å²) in [5, 5.41) is 0.500. The molecule has 2 heterocycles. The Bertz CT molecular complexity index is 1020. The normalized spacial score (nSPS) is 18.7. The number of fused-ring (bicyclic) bond motifs is 1. The van der Waals surface area contributed by atoms with Crippen molar-refractivity contribution in [3.63, 3.8) is 0 Å². The second-order valence-corrected chi connectivity index (χ2v) is 6.19. The van der Waals surface area contributed by atoms with E-state index in [1.165, 1.54) is 4.57 Å². The Labute approximate surface area is 139 Å². The van der Waals surface area contributed by atoms with Gasteiger partial charge in [-0.2, -0.15) is 0 Å². The van der Waals surface area contributed by atoms with E-state index in [0.29, 0.717) is 22.5 Å². The van der Waals surface area contributed by atoms with E-state index in [0.717, 1.165) is 0 Å². The lowest BCUT2D eigenvalue weighted by molar-refractivity contribution is 0.0856. The molecule has 0 amide bonds. The Morgan fingerprint density at radius 3 is 2.67 bits per heavy atom. The fourth-order valence-corrected chi connectivity index (χ4v) is 2.89. The standard InChI is InChI=1S/C16H13F2N3O2S/c17-16(18)7-9(16)8-23-11-3-1-10(2-4-11)21-14(22)12-5-6-19-13(12)20-15(21)24/h1-6,9,19H,7-8H2,(H,20,24). The maximum absolute atomic E-state index is 12.8. The molecule has 2 aromatic heterocycles. The van der Waals surface area contributed by atoms with Crippen molar-refractivity contribution in [2.24, 2.45) is 5.92 Å². The number of hydrogen-bond acceptors (Lipinski definition) is 3. The van der Waals surface area contributed by atoms with Gasteiger partial charge in [-0.3, -0.25) is 9.36 Å². The highest BCUT2D eigenvalue weighted by atomic mass is 32.1. The van der Waals surface area contributed by atoms with Crippen LogP contribution < -0.4 is 10.3 Å². The summed E-state index contributed by atoms with van der Waals surface area (Å²) in [7, 11) is 0. The van der Waals surface area contributed by atoms with Gasteiger partial charge in [-0.25, -0.2) is 8.78 Å². The summed E-state index contributed by atoms with van der Waals surface area (Å²) < 4.78 is 32.7. The number of hydrogen-bond donors (Lipinski definition) is 2. The molecule has 5 nitrogen and oxygen atoms in total. The molecule has 0 spiro atoms. The Kier molecular flexibility index (Phi) is 3.31. The van der Waals surface area contributed by atoms with E-state index in [1.807, 2.05) is 0 Å². The van der Waals surface area contributed by atoms with Crippen molar-refractivity contribution >= 4 is 23.3 Å². The summed E-state index contributed by atoms with van der Waals surface area (Å²) in [6.07, 6.45) is 1.54. The van der Waals surface area contributed by atoms with Gasteiger partial charge in [0.1, 0.15) is 11.4 Å². The van der Waals surface area contributed by atoms with Crippen LogP contribution in [-0.4, -0.2) is 27.1 Å². The highest BCUT2D eigenvalue weighted by Gasteiger charge is 2.57. The number of benzene rings is 1. The van der Waals surface area contributed by atoms with Crippen molar-refractivity contribution < 1.29 is 13.5 Å². The number of alkyl halides is 2. The molecule has 0 bridgehead atoms. The SMILES string of the molecule is O=c1c2cc[nH]c2[nH]c(=S)n1-c1ccc(OCC2CC2(F)F)cc1. The minimum Gasteiger partial charge on any atom is -0.493 e. The molecule has 1 fully saturated rings. The third-order valence-corrected chi connectivity index (χ3v) is 4.40. The molecule has 2 N–H and O–H groups in total. The minimum atomic E-state index is -2.59. The van der Waals surface area contributed by atoms with Gasteiger partial charge in [-0.1, -0.05) is 0 Å². The van der Waals surface area contributed by atoms with E-state index in [4.69, 9.17) is 17.0 Å². The smallest absolute Gasteiger partial charge is 0.268 e. The second-order valence-electron chi connectivity index (χ2n) is 5.80. The molecule has 0 saturated heterocycles. The monoisotopic (exact) mass is 349 g/mol. The third-order valence-electron chi connectivity index (χ3n) is 4.12. The molecular weight excluding hydrogens is 336 g/mol. The number of halogens is 2. The van der Waals surface area contributed by atoms with Crippen LogP contribution >= 0.6 is 12.2 Å². The van der Waals surface area contributed by atoms with Crippen molar-refractivity contribution in [1.29, 1.82) is 0 Å². The number of H-pyrrole nitrogens is 2. The van der Waals surface area contributed by atoms with Gasteiger partial charge in [0.2, 0.25) is 0 Å². The van der Waals surface area contributed by atoms with Crippen LogP contribution in [0.15, 0.2) is 41.3 Å². The van der Waals surface area contributed by atoms with Gasteiger partial charge in [-0.05, 0) is 42.5 Å². The molecular formula is C16H13F2N3O2S. The Morgan fingerprint density at radius 2 is 2.00 bits per heavy atom. The number of rotatable bonds is 4. The lowest BCUT2D eigenvalue weighted by Crippen LogP contribution is -2.19. The first-order valence-corrected chi connectivity index (χ1v) is 7.80. The average Bonchev–Trinajstić information content (AvgIpc) is 2.94. The number of aromatic nitrogens is 3. The Balaban J connectivity index is 1.61. The third kappa shape index (κ3) is 2.52. The van der Waals surface area contributed by atoms with Crippen LogP contribution in [0.1, 0.15) is 6.42 Å². The molecule has 3 aromatic rings. The predicted octanol–water partition coefficient (Wildman–Crippen LogP) is 3.41. The molecule has 1 saturated carbocycles. The highest BCUT2D eigenvalue weighted by molar-refractivity contribution is 7.71. The minimum absolute atomic E-state index is 0.0122. The first-order chi connectivity index (χ1) is 11.5. The Morgan fingerprint density at radius 1 is 1.29 bits per heavy atom. The Hall–Kier alpha value is -2.48. The molecule has 1 aliphatic rings. The summed E-state index contributed by atoms with van der Waals surface area (Å²) in [4.78, 5) is 18.4. The average molecular weight is 349 g/mol. The van der Waals surface area contributed by atoms with Gasteiger partial charge in [0.15, 0.2) is 4.77 Å². The van der Waals surface area contributed by atoms with E-state index in [2.05, 4.69) is 9.97 Å². The van der Waals surface area contributed by atoms with Crippen LogP contribution in [0.2, 0.25) is 0 Å². The van der Waals surface area contributed by atoms with Crippen molar-refractivity contribution in [3.05, 3.63) is 51.7 Å². The van der Waals surface area contributed by atoms with Gasteiger partial charge in [0.25, 0.3) is 11.5 Å². The van der Waals surface area contributed by atoms with E-state index < -0.39 is 11.8 Å². The molecule has 124 valence electrons. The summed E-state index contributed by atoms with van der Waals surface area (Å²) in [5.41, 5.74) is 0.918. The zero-order chi connectivity index (χ0) is 16.9. The second kappa shape index (κ2) is 5.27. The van der Waals surface area contributed by atoms with Crippen LogP contribution in [0.25, 0.3) is 16.7 Å². The first-order valence-electron chi connectivity index (χ1n) is 7.39. The van der Waals surface area contributed by atoms with Crippen LogP contribution in [0.3, 0.4) is 0 Å². The van der Waals surface area contributed by atoms with Gasteiger partial charge in [0, 0.05) is 12.6 Å². The maximum atomic E-state index is 12.8. The van der Waals surface area contributed by atoms with Crippen molar-refractivity contribution in [1.82, 2.24) is 14.5 Å². The number of nitrogens with zero attached hydrogens (tertiary/aromatic N) is 1. The summed E-state index contributed by atoms with van der Waals surface area (Å²) in [6, 6.07) is 8.29. The van der Waals surface area contributed by atoms with Crippen molar-refractivity contribution in [3.8, 4) is 11.4 Å². The van der Waals surface area contributed by atoms with Gasteiger partial charge in [0.05, 0.1) is 23.6 Å². The van der Waals surface area contributed by atoms with Crippen LogP contribution in [0.4, 0.5) is 8.78 Å². The molecule has 8 heteroatoms. The van der Waals surface area contributed by atoms with Crippen LogP contribution in [-0.2, 0) is 0 Å². The zero-order valence-electron chi connectivity index (χ0n) is 12.4. The molecule has 1 aliphatic carbocycles. The number of aromatic amines is 2. The lowest BCUT2D eigenvalue weighted by atomic mass is 10.3. The highest BCUT2D eigenvalue weighted by Crippen LogP contribution is 2.48. The quantitative estimate of drug-likeness (QED) is 0.710. The fraction of sp³-hybridized carbons (Fsp3) is 0.250. The van der Waals surface area contributed by atoms with E-state index in [-0.39, 0.29) is 23.4 Å². The van der Waals surface area contributed by atoms with E-state index >= 15 is 0 Å². The van der Waals surface area contributed by atoms with Crippen molar-refractivity contribution in [2.75, 3.05) is 6.61 Å². The maximum Gasteiger partial charge on any atom is 0.268 e. The molecule has 0 radical (unpaired) electrons. The lowest BCUT2D eigenvalue weighted by Gasteiger charge is -2.09. The largest absolute Gasteiger partial charge is 0.493 e. The summed E-state index contributed by atoms with van der Waals surface area (Å²) >= 11 is 5.24. The first kappa shape index (κ1) is 15.1. The molecule has 1 atom stereocenters. The van der Waals surface area contributed by atoms with E-state index in [9.17, 15) is 13.6 Å².